The van der Waals surface area contributed by atoms with E-state index in [4.69, 9.17) is 0 Å². The lowest BCUT2D eigenvalue weighted by molar-refractivity contribution is -0.140. The highest BCUT2D eigenvalue weighted by molar-refractivity contribution is 6.09. The van der Waals surface area contributed by atoms with Crippen LogP contribution < -0.4 is 5.32 Å². The molecule has 1 spiro atoms. The largest absolute Gasteiger partial charge is 0.341 e. The molecule has 0 aromatic heterocycles. The van der Waals surface area contributed by atoms with Crippen LogP contribution in [0.1, 0.15) is 37.3 Å². The first-order valence-electron chi connectivity index (χ1n) is 10.2. The van der Waals surface area contributed by atoms with Crippen molar-refractivity contribution in [3.63, 3.8) is 0 Å². The standard InChI is InChI=1S/C21H28N4O3/c1-3-24-12-9-16(10-13-24)23(2)18(26)14-25-19(27)21(22-20(25)28)11-8-15-6-4-5-7-17(15)21/h4-7,16H,3,8-14H2,1-2H3,(H,22,28). The van der Waals surface area contributed by atoms with E-state index in [-0.39, 0.29) is 24.4 Å². The Hall–Kier alpha value is -2.41. The Morgan fingerprint density at radius 3 is 2.68 bits per heavy atom. The third-order valence-electron chi connectivity index (χ3n) is 6.66. The van der Waals surface area contributed by atoms with E-state index in [0.717, 1.165) is 54.9 Å². The van der Waals surface area contributed by atoms with Gasteiger partial charge in [0.25, 0.3) is 5.91 Å². The molecule has 0 saturated carbocycles. The van der Waals surface area contributed by atoms with Crippen molar-refractivity contribution < 1.29 is 14.4 Å². The summed E-state index contributed by atoms with van der Waals surface area (Å²) in [5.74, 6) is -0.480. The highest BCUT2D eigenvalue weighted by Gasteiger charge is 2.55. The van der Waals surface area contributed by atoms with Crippen LogP contribution in [-0.4, -0.2) is 71.8 Å². The number of hydrogen-bond acceptors (Lipinski definition) is 4. The lowest BCUT2D eigenvalue weighted by Crippen LogP contribution is -2.49. The van der Waals surface area contributed by atoms with Gasteiger partial charge in [-0.1, -0.05) is 31.2 Å². The predicted octanol–water partition coefficient (Wildman–Crippen LogP) is 1.32. The molecule has 1 N–H and O–H groups in total. The van der Waals surface area contributed by atoms with Crippen molar-refractivity contribution in [3.8, 4) is 0 Å². The number of urea groups is 1. The van der Waals surface area contributed by atoms with Gasteiger partial charge in [-0.3, -0.25) is 14.5 Å². The molecule has 1 unspecified atom stereocenters. The smallest absolute Gasteiger partial charge is 0.325 e. The van der Waals surface area contributed by atoms with Gasteiger partial charge in [-0.15, -0.1) is 0 Å². The maximum Gasteiger partial charge on any atom is 0.325 e. The fourth-order valence-electron chi connectivity index (χ4n) is 4.81. The van der Waals surface area contributed by atoms with Crippen LogP contribution in [0.25, 0.3) is 0 Å². The molecule has 1 aliphatic carbocycles. The third-order valence-corrected chi connectivity index (χ3v) is 6.66. The normalized spacial score (nSPS) is 25.3. The van der Waals surface area contributed by atoms with Crippen LogP contribution in [0.4, 0.5) is 4.79 Å². The van der Waals surface area contributed by atoms with Gasteiger partial charge >= 0.3 is 6.03 Å². The molecule has 7 nitrogen and oxygen atoms in total. The number of likely N-dealkylation sites (N-methyl/N-ethyl adjacent to an activating group) is 1. The first kappa shape index (κ1) is 18.9. The summed E-state index contributed by atoms with van der Waals surface area (Å²) in [4.78, 5) is 43.8. The molecule has 150 valence electrons. The molecule has 2 saturated heterocycles. The van der Waals surface area contributed by atoms with Gasteiger partial charge in [0.15, 0.2) is 0 Å². The highest BCUT2D eigenvalue weighted by atomic mass is 16.2. The lowest BCUT2D eigenvalue weighted by Gasteiger charge is -2.36. The van der Waals surface area contributed by atoms with E-state index in [2.05, 4.69) is 17.1 Å². The van der Waals surface area contributed by atoms with Crippen molar-refractivity contribution >= 4 is 17.8 Å². The number of likely N-dealkylation sites (tertiary alicyclic amines) is 1. The second-order valence-electron chi connectivity index (χ2n) is 8.05. The number of fused-ring (bicyclic) bond motifs is 2. The molecule has 4 amide bonds. The highest BCUT2D eigenvalue weighted by Crippen LogP contribution is 2.41. The molecule has 1 aromatic rings. The number of nitrogens with zero attached hydrogens (tertiary/aromatic N) is 3. The molecule has 7 heteroatoms. The molecule has 2 fully saturated rings. The molecule has 0 bridgehead atoms. The van der Waals surface area contributed by atoms with Gasteiger partial charge < -0.3 is 15.1 Å². The Morgan fingerprint density at radius 1 is 1.25 bits per heavy atom. The van der Waals surface area contributed by atoms with Crippen molar-refractivity contribution in [3.05, 3.63) is 35.4 Å². The molecule has 28 heavy (non-hydrogen) atoms. The second kappa shape index (κ2) is 7.20. The van der Waals surface area contributed by atoms with Crippen LogP contribution in [0.2, 0.25) is 0 Å². The number of carbonyl (C=O) groups is 3. The summed E-state index contributed by atoms with van der Waals surface area (Å²) in [6.07, 6.45) is 3.15. The van der Waals surface area contributed by atoms with Crippen molar-refractivity contribution in [2.24, 2.45) is 0 Å². The first-order valence-corrected chi connectivity index (χ1v) is 10.2. The Labute approximate surface area is 165 Å². The zero-order chi connectivity index (χ0) is 19.9. The van der Waals surface area contributed by atoms with Gasteiger partial charge in [-0.2, -0.15) is 0 Å². The van der Waals surface area contributed by atoms with E-state index in [1.165, 1.54) is 0 Å². The lowest BCUT2D eigenvalue weighted by atomic mass is 9.92. The summed E-state index contributed by atoms with van der Waals surface area (Å²) in [5, 5.41) is 2.88. The molecule has 0 radical (unpaired) electrons. The number of benzene rings is 1. The van der Waals surface area contributed by atoms with E-state index in [9.17, 15) is 14.4 Å². The van der Waals surface area contributed by atoms with Gasteiger partial charge in [-0.25, -0.2) is 4.79 Å². The van der Waals surface area contributed by atoms with E-state index in [1.54, 1.807) is 11.9 Å². The molecular weight excluding hydrogens is 356 g/mol. The van der Waals surface area contributed by atoms with Crippen LogP contribution in [-0.2, 0) is 21.5 Å². The summed E-state index contributed by atoms with van der Waals surface area (Å²) < 4.78 is 0. The number of aryl methyl sites for hydroxylation is 1. The Bertz CT molecular complexity index is 803. The van der Waals surface area contributed by atoms with Gasteiger partial charge in [0.1, 0.15) is 12.1 Å². The summed E-state index contributed by atoms with van der Waals surface area (Å²) in [5.41, 5.74) is 0.951. The van der Waals surface area contributed by atoms with Gasteiger partial charge in [-0.05, 0) is 43.4 Å². The number of piperidine rings is 1. The maximum absolute atomic E-state index is 13.2. The van der Waals surface area contributed by atoms with Crippen LogP contribution in [0.3, 0.4) is 0 Å². The number of carbonyl (C=O) groups excluding carboxylic acids is 3. The van der Waals surface area contributed by atoms with Crippen LogP contribution in [0, 0.1) is 0 Å². The molecule has 2 aliphatic heterocycles. The fourth-order valence-corrected chi connectivity index (χ4v) is 4.81. The Balaban J connectivity index is 1.45. The summed E-state index contributed by atoms with van der Waals surface area (Å²) in [6.45, 7) is 4.92. The van der Waals surface area contributed by atoms with E-state index >= 15 is 0 Å². The summed E-state index contributed by atoms with van der Waals surface area (Å²) in [7, 11) is 1.79. The van der Waals surface area contributed by atoms with E-state index in [0.29, 0.717) is 6.42 Å². The molecule has 4 rings (SSSR count). The average molecular weight is 384 g/mol. The number of amides is 4. The topological polar surface area (TPSA) is 73.0 Å². The van der Waals surface area contributed by atoms with Crippen molar-refractivity contribution in [1.82, 2.24) is 20.0 Å². The van der Waals surface area contributed by atoms with E-state index < -0.39 is 11.6 Å². The maximum atomic E-state index is 13.2. The summed E-state index contributed by atoms with van der Waals surface area (Å²) >= 11 is 0. The van der Waals surface area contributed by atoms with Crippen molar-refractivity contribution in [2.75, 3.05) is 33.2 Å². The van der Waals surface area contributed by atoms with Gasteiger partial charge in [0, 0.05) is 26.2 Å². The van der Waals surface area contributed by atoms with Crippen molar-refractivity contribution in [2.45, 2.75) is 44.2 Å². The van der Waals surface area contributed by atoms with Crippen LogP contribution in [0.5, 0.6) is 0 Å². The fraction of sp³-hybridized carbons (Fsp3) is 0.571. The number of nitrogens with one attached hydrogen (secondary N) is 1. The number of rotatable bonds is 4. The van der Waals surface area contributed by atoms with Gasteiger partial charge in [0.2, 0.25) is 5.91 Å². The number of imide groups is 1. The minimum Gasteiger partial charge on any atom is -0.341 e. The molecule has 3 aliphatic rings. The van der Waals surface area contributed by atoms with Crippen LogP contribution in [0.15, 0.2) is 24.3 Å². The van der Waals surface area contributed by atoms with Crippen LogP contribution >= 0.6 is 0 Å². The van der Waals surface area contributed by atoms with E-state index in [1.807, 2.05) is 24.3 Å². The third kappa shape index (κ3) is 2.98. The quantitative estimate of drug-likeness (QED) is 0.795. The zero-order valence-electron chi connectivity index (χ0n) is 16.6. The Morgan fingerprint density at radius 2 is 1.96 bits per heavy atom. The van der Waals surface area contributed by atoms with Gasteiger partial charge in [0.05, 0.1) is 0 Å². The predicted molar refractivity (Wildman–Crippen MR) is 105 cm³/mol. The monoisotopic (exact) mass is 384 g/mol. The second-order valence-corrected chi connectivity index (χ2v) is 8.05. The minimum atomic E-state index is -1.00. The first-order chi connectivity index (χ1) is 13.5. The SMILES string of the molecule is CCN1CCC(N(C)C(=O)CN2C(=O)NC3(CCc4ccccc43)C2=O)CC1. The van der Waals surface area contributed by atoms with Crippen molar-refractivity contribution in [1.29, 1.82) is 0 Å². The number of hydrogen-bond donors (Lipinski definition) is 1. The Kier molecular flexibility index (Phi) is 4.87. The molecule has 2 heterocycles. The zero-order valence-corrected chi connectivity index (χ0v) is 16.6. The molecule has 1 aromatic carbocycles. The molecular formula is C21H28N4O3. The summed E-state index contributed by atoms with van der Waals surface area (Å²) in [6, 6.07) is 7.42. The average Bonchev–Trinajstić information content (AvgIpc) is 3.21. The minimum absolute atomic E-state index is 0.164. The molecule has 1 atom stereocenters.